The Morgan fingerprint density at radius 1 is 1.30 bits per heavy atom. The number of benzene rings is 1. The van der Waals surface area contributed by atoms with Gasteiger partial charge in [-0.05, 0) is 37.6 Å². The molecule has 1 aromatic rings. The van der Waals surface area contributed by atoms with Crippen LogP contribution in [0.1, 0.15) is 31.4 Å². The molecule has 4 nitrogen and oxygen atoms in total. The van der Waals surface area contributed by atoms with Gasteiger partial charge in [-0.15, -0.1) is 0 Å². The number of hydrogen-bond donors (Lipinski definition) is 1. The Balaban J connectivity index is 3.25. The van der Waals surface area contributed by atoms with Gasteiger partial charge in [-0.1, -0.05) is 13.8 Å². The first-order valence-electron chi connectivity index (χ1n) is 6.80. The minimum absolute atomic E-state index is 0.0568. The summed E-state index contributed by atoms with van der Waals surface area (Å²) in [6, 6.07) is 2.94. The lowest BCUT2D eigenvalue weighted by Crippen LogP contribution is -2.28. The van der Waals surface area contributed by atoms with Crippen molar-refractivity contribution in [2.24, 2.45) is 0 Å². The van der Waals surface area contributed by atoms with Gasteiger partial charge in [0.25, 0.3) is 0 Å². The molecule has 0 aliphatic heterocycles. The summed E-state index contributed by atoms with van der Waals surface area (Å²) in [5.41, 5.74) is 0.812. The second-order valence-electron chi connectivity index (χ2n) is 4.81. The van der Waals surface area contributed by atoms with E-state index in [9.17, 15) is 12.8 Å². The highest BCUT2D eigenvalue weighted by Crippen LogP contribution is 2.23. The molecule has 0 unspecified atom stereocenters. The molecular formula is C14H23FN2O2S. The maximum absolute atomic E-state index is 13.9. The highest BCUT2D eigenvalue weighted by atomic mass is 32.2. The summed E-state index contributed by atoms with van der Waals surface area (Å²) in [6.45, 7) is 6.96. The monoisotopic (exact) mass is 302 g/mol. The third kappa shape index (κ3) is 3.77. The minimum atomic E-state index is -3.64. The molecule has 0 bridgehead atoms. The maximum Gasteiger partial charge on any atom is 0.243 e. The van der Waals surface area contributed by atoms with Gasteiger partial charge in [0.2, 0.25) is 10.0 Å². The van der Waals surface area contributed by atoms with Crippen molar-refractivity contribution in [3.8, 4) is 0 Å². The van der Waals surface area contributed by atoms with Crippen molar-refractivity contribution in [2.75, 3.05) is 20.1 Å². The van der Waals surface area contributed by atoms with E-state index in [1.165, 1.54) is 24.3 Å². The quantitative estimate of drug-likeness (QED) is 0.840. The van der Waals surface area contributed by atoms with Crippen LogP contribution in [0.4, 0.5) is 4.39 Å². The Morgan fingerprint density at radius 3 is 2.50 bits per heavy atom. The van der Waals surface area contributed by atoms with E-state index in [0.29, 0.717) is 25.1 Å². The van der Waals surface area contributed by atoms with Gasteiger partial charge in [0.1, 0.15) is 5.82 Å². The molecule has 0 saturated heterocycles. The molecular weight excluding hydrogens is 279 g/mol. The molecule has 0 heterocycles. The van der Waals surface area contributed by atoms with Crippen molar-refractivity contribution in [3.63, 3.8) is 0 Å². The van der Waals surface area contributed by atoms with Crippen LogP contribution in [0.5, 0.6) is 0 Å². The Hall–Kier alpha value is -0.980. The first-order chi connectivity index (χ1) is 9.34. The summed E-state index contributed by atoms with van der Waals surface area (Å²) >= 11 is 0. The average molecular weight is 302 g/mol. The molecule has 1 aromatic carbocycles. The fourth-order valence-corrected chi connectivity index (χ4v) is 3.49. The molecule has 114 valence electrons. The molecule has 0 atom stereocenters. The standard InChI is InChI=1S/C14H23FN2O2S/c1-5-7-17(4)20(18,19)14-9-12(10-16-6-2)8-13(15)11(14)3/h8-9,16H,5-7,10H2,1-4H3. The summed E-state index contributed by atoms with van der Waals surface area (Å²) in [5.74, 6) is -0.483. The average Bonchev–Trinajstić information content (AvgIpc) is 2.39. The van der Waals surface area contributed by atoms with Gasteiger partial charge in [-0.3, -0.25) is 0 Å². The fraction of sp³-hybridized carbons (Fsp3) is 0.571. The zero-order valence-electron chi connectivity index (χ0n) is 12.5. The van der Waals surface area contributed by atoms with E-state index in [2.05, 4.69) is 5.32 Å². The first kappa shape index (κ1) is 17.1. The normalized spacial score (nSPS) is 12.1. The largest absolute Gasteiger partial charge is 0.313 e. The predicted molar refractivity (Wildman–Crippen MR) is 78.6 cm³/mol. The van der Waals surface area contributed by atoms with Crippen molar-refractivity contribution in [3.05, 3.63) is 29.1 Å². The second-order valence-corrected chi connectivity index (χ2v) is 6.82. The summed E-state index contributed by atoms with van der Waals surface area (Å²) in [5, 5.41) is 3.07. The third-order valence-corrected chi connectivity index (χ3v) is 5.15. The van der Waals surface area contributed by atoms with Crippen LogP contribution in [0.25, 0.3) is 0 Å². The van der Waals surface area contributed by atoms with Gasteiger partial charge >= 0.3 is 0 Å². The van der Waals surface area contributed by atoms with Crippen molar-refractivity contribution in [2.45, 2.75) is 38.6 Å². The van der Waals surface area contributed by atoms with Crippen molar-refractivity contribution in [1.82, 2.24) is 9.62 Å². The van der Waals surface area contributed by atoms with E-state index in [1.807, 2.05) is 13.8 Å². The van der Waals surface area contributed by atoms with Crippen LogP contribution in [0, 0.1) is 12.7 Å². The smallest absolute Gasteiger partial charge is 0.243 e. The summed E-state index contributed by atoms with van der Waals surface area (Å²) < 4.78 is 40.1. The number of nitrogens with zero attached hydrogens (tertiary/aromatic N) is 1. The molecule has 1 rings (SSSR count). The highest BCUT2D eigenvalue weighted by Gasteiger charge is 2.24. The lowest BCUT2D eigenvalue weighted by molar-refractivity contribution is 0.466. The Morgan fingerprint density at radius 2 is 1.95 bits per heavy atom. The van der Waals surface area contributed by atoms with Crippen molar-refractivity contribution >= 4 is 10.0 Å². The van der Waals surface area contributed by atoms with E-state index < -0.39 is 15.8 Å². The van der Waals surface area contributed by atoms with Crippen molar-refractivity contribution < 1.29 is 12.8 Å². The van der Waals surface area contributed by atoms with Crippen LogP contribution in [0.15, 0.2) is 17.0 Å². The zero-order chi connectivity index (χ0) is 15.3. The molecule has 6 heteroatoms. The minimum Gasteiger partial charge on any atom is -0.313 e. The number of sulfonamides is 1. The summed E-state index contributed by atoms with van der Waals surface area (Å²) in [4.78, 5) is 0.0568. The van der Waals surface area contributed by atoms with Crippen LogP contribution < -0.4 is 5.32 Å². The SMILES string of the molecule is CCCN(C)S(=O)(=O)c1cc(CNCC)cc(F)c1C. The number of nitrogens with one attached hydrogen (secondary N) is 1. The van der Waals surface area contributed by atoms with Gasteiger partial charge in [-0.2, -0.15) is 0 Å². The highest BCUT2D eigenvalue weighted by molar-refractivity contribution is 7.89. The molecule has 0 amide bonds. The van der Waals surface area contributed by atoms with E-state index in [4.69, 9.17) is 0 Å². The number of hydrogen-bond acceptors (Lipinski definition) is 3. The summed E-state index contributed by atoms with van der Waals surface area (Å²) in [6.07, 6.45) is 0.717. The molecule has 0 radical (unpaired) electrons. The Bertz CT molecular complexity index is 559. The number of rotatable bonds is 7. The van der Waals surface area contributed by atoms with Crippen LogP contribution in [0.2, 0.25) is 0 Å². The van der Waals surface area contributed by atoms with Crippen LogP contribution in [-0.2, 0) is 16.6 Å². The van der Waals surface area contributed by atoms with Crippen molar-refractivity contribution in [1.29, 1.82) is 0 Å². The second kappa shape index (κ2) is 7.15. The Kier molecular flexibility index (Phi) is 6.10. The Labute approximate surface area is 121 Å². The van der Waals surface area contributed by atoms with Gasteiger partial charge in [0.05, 0.1) is 4.90 Å². The molecule has 0 aliphatic rings. The van der Waals surface area contributed by atoms with E-state index in [0.717, 1.165) is 6.54 Å². The lowest BCUT2D eigenvalue weighted by atomic mass is 10.1. The molecule has 0 aromatic heterocycles. The molecule has 1 N–H and O–H groups in total. The molecule has 0 saturated carbocycles. The van der Waals surface area contributed by atoms with Gasteiger partial charge < -0.3 is 5.32 Å². The summed E-state index contributed by atoms with van der Waals surface area (Å²) in [7, 11) is -2.12. The van der Waals surface area contributed by atoms with Gasteiger partial charge in [0, 0.05) is 25.7 Å². The topological polar surface area (TPSA) is 49.4 Å². The number of halogens is 1. The molecule has 20 heavy (non-hydrogen) atoms. The third-order valence-electron chi connectivity index (χ3n) is 3.16. The lowest BCUT2D eigenvalue weighted by Gasteiger charge is -2.19. The van der Waals surface area contributed by atoms with E-state index in [-0.39, 0.29) is 10.5 Å². The molecule has 0 spiro atoms. The van der Waals surface area contributed by atoms with Crippen LogP contribution in [-0.4, -0.2) is 32.9 Å². The van der Waals surface area contributed by atoms with Crippen LogP contribution >= 0.6 is 0 Å². The predicted octanol–water partition coefficient (Wildman–Crippen LogP) is 2.27. The maximum atomic E-state index is 13.9. The van der Waals surface area contributed by atoms with E-state index in [1.54, 1.807) is 6.07 Å². The zero-order valence-corrected chi connectivity index (χ0v) is 13.3. The molecule has 0 fully saturated rings. The van der Waals surface area contributed by atoms with E-state index >= 15 is 0 Å². The fourth-order valence-electron chi connectivity index (χ4n) is 1.95. The van der Waals surface area contributed by atoms with Gasteiger partial charge in [0.15, 0.2) is 0 Å². The van der Waals surface area contributed by atoms with Crippen LogP contribution in [0.3, 0.4) is 0 Å². The first-order valence-corrected chi connectivity index (χ1v) is 8.24. The molecule has 0 aliphatic carbocycles. The van der Waals surface area contributed by atoms with Gasteiger partial charge in [-0.25, -0.2) is 17.1 Å².